The third kappa shape index (κ3) is 8.42. The van der Waals surface area contributed by atoms with Gasteiger partial charge in [0.15, 0.2) is 0 Å². The van der Waals surface area contributed by atoms with Crippen LogP contribution in [0.5, 0.6) is 0 Å². The van der Waals surface area contributed by atoms with E-state index in [4.69, 9.17) is 41.9 Å². The molecule has 1 rings (SSSR count). The van der Waals surface area contributed by atoms with Crippen LogP contribution in [0.3, 0.4) is 0 Å². The van der Waals surface area contributed by atoms with Crippen molar-refractivity contribution < 1.29 is 38.1 Å². The summed E-state index contributed by atoms with van der Waals surface area (Å²) in [7, 11) is 0. The fourth-order valence-corrected chi connectivity index (χ4v) is 2.27. The second-order valence-corrected chi connectivity index (χ2v) is 6.80. The Balaban J connectivity index is 3.38. The Kier molecular flexibility index (Phi) is 9.90. The second kappa shape index (κ2) is 12.3. The van der Waals surface area contributed by atoms with Gasteiger partial charge in [0.2, 0.25) is 0 Å². The molecule has 0 saturated heterocycles. The number of benzene rings is 1. The molecule has 0 fully saturated rings. The van der Waals surface area contributed by atoms with Gasteiger partial charge in [0.1, 0.15) is 49.2 Å². The summed E-state index contributed by atoms with van der Waals surface area (Å²) >= 11 is 0. The zero-order valence-corrected chi connectivity index (χ0v) is 18.4. The third-order valence-electron chi connectivity index (χ3n) is 4.01. The quantitative estimate of drug-likeness (QED) is 0.175. The van der Waals surface area contributed by atoms with Crippen molar-refractivity contribution in [2.75, 3.05) is 0 Å². The molecule has 0 aliphatic heterocycles. The first-order valence-corrected chi connectivity index (χ1v) is 9.43. The van der Waals surface area contributed by atoms with Crippen molar-refractivity contribution in [3.8, 4) is 0 Å². The SMILES string of the molecule is C=C(N)C(=O)OCc1cc(COC(=O)C(=C)N)c(COC(=O)C(=C)N)cc1COC(=O)C(=C)N. The molecule has 0 aromatic heterocycles. The number of hydrogen-bond acceptors (Lipinski definition) is 12. The summed E-state index contributed by atoms with van der Waals surface area (Å²) in [5, 5.41) is 0. The van der Waals surface area contributed by atoms with Crippen molar-refractivity contribution in [1.82, 2.24) is 0 Å². The molecule has 0 radical (unpaired) electrons. The normalized spacial score (nSPS) is 9.88. The van der Waals surface area contributed by atoms with Crippen LogP contribution in [0.1, 0.15) is 22.3 Å². The maximum atomic E-state index is 11.7. The van der Waals surface area contributed by atoms with E-state index in [1.54, 1.807) is 0 Å². The lowest BCUT2D eigenvalue weighted by atomic mass is 9.99. The van der Waals surface area contributed by atoms with E-state index >= 15 is 0 Å². The molecule has 1 aromatic carbocycles. The van der Waals surface area contributed by atoms with E-state index < -0.39 is 23.9 Å². The minimum absolute atomic E-state index is 0.310. The van der Waals surface area contributed by atoms with Crippen molar-refractivity contribution in [3.05, 3.63) is 83.5 Å². The van der Waals surface area contributed by atoms with Gasteiger partial charge in [0.25, 0.3) is 0 Å². The van der Waals surface area contributed by atoms with Crippen LogP contribution >= 0.6 is 0 Å². The topological polar surface area (TPSA) is 209 Å². The Morgan fingerprint density at radius 1 is 0.500 bits per heavy atom. The van der Waals surface area contributed by atoms with Gasteiger partial charge >= 0.3 is 23.9 Å². The molecule has 0 bridgehead atoms. The Hall–Kier alpha value is -4.74. The fraction of sp³-hybridized carbons (Fsp3) is 0.182. The number of ether oxygens (including phenoxy) is 4. The van der Waals surface area contributed by atoms with E-state index in [2.05, 4.69) is 26.3 Å². The molecule has 0 unspecified atom stereocenters. The summed E-state index contributed by atoms with van der Waals surface area (Å²) in [5.41, 5.74) is 21.4. The van der Waals surface area contributed by atoms with Gasteiger partial charge in [-0.05, 0) is 34.4 Å². The number of rotatable bonds is 12. The molecule has 0 saturated carbocycles. The largest absolute Gasteiger partial charge is 0.456 e. The lowest BCUT2D eigenvalue weighted by Gasteiger charge is -2.17. The second-order valence-electron chi connectivity index (χ2n) is 6.80. The summed E-state index contributed by atoms with van der Waals surface area (Å²) in [5.74, 6) is -3.48. The summed E-state index contributed by atoms with van der Waals surface area (Å²) in [6.07, 6.45) is 0. The first-order valence-electron chi connectivity index (χ1n) is 9.43. The van der Waals surface area contributed by atoms with Crippen molar-refractivity contribution in [1.29, 1.82) is 0 Å². The van der Waals surface area contributed by atoms with Crippen LogP contribution in [0.2, 0.25) is 0 Å². The molecular weight excluding hydrogens is 448 g/mol. The van der Waals surface area contributed by atoms with E-state index in [1.807, 2.05) is 0 Å². The highest BCUT2D eigenvalue weighted by molar-refractivity contribution is 5.87. The Labute approximate surface area is 195 Å². The van der Waals surface area contributed by atoms with E-state index in [-0.39, 0.29) is 49.2 Å². The average molecular weight is 474 g/mol. The molecule has 0 heterocycles. The third-order valence-corrected chi connectivity index (χ3v) is 4.01. The van der Waals surface area contributed by atoms with Crippen molar-refractivity contribution in [2.45, 2.75) is 26.4 Å². The van der Waals surface area contributed by atoms with Crippen LogP contribution in [0.25, 0.3) is 0 Å². The van der Waals surface area contributed by atoms with Gasteiger partial charge in [-0.1, -0.05) is 26.3 Å². The minimum atomic E-state index is -0.870. The van der Waals surface area contributed by atoms with Crippen LogP contribution in [0.4, 0.5) is 0 Å². The maximum Gasteiger partial charge on any atom is 0.353 e. The highest BCUT2D eigenvalue weighted by Gasteiger charge is 2.17. The molecule has 12 heteroatoms. The molecule has 8 N–H and O–H groups in total. The number of carbonyl (C=O) groups is 4. The average Bonchev–Trinajstić information content (AvgIpc) is 2.77. The highest BCUT2D eigenvalue weighted by Crippen LogP contribution is 2.22. The molecule has 0 aliphatic rings. The highest BCUT2D eigenvalue weighted by atomic mass is 16.5. The van der Waals surface area contributed by atoms with Crippen LogP contribution < -0.4 is 22.9 Å². The Bertz CT molecular complexity index is 899. The molecule has 0 aliphatic carbocycles. The first-order chi connectivity index (χ1) is 15.8. The van der Waals surface area contributed by atoms with Crippen molar-refractivity contribution in [2.24, 2.45) is 22.9 Å². The molecule has 182 valence electrons. The molecule has 12 nitrogen and oxygen atoms in total. The molecule has 0 spiro atoms. The zero-order chi connectivity index (χ0) is 26.0. The molecule has 0 amide bonds. The number of nitrogens with two attached hydrogens (primary N) is 4. The molecule has 0 atom stereocenters. The maximum absolute atomic E-state index is 11.7. The van der Waals surface area contributed by atoms with Crippen LogP contribution in [-0.4, -0.2) is 23.9 Å². The van der Waals surface area contributed by atoms with E-state index in [0.29, 0.717) is 22.3 Å². The Morgan fingerprint density at radius 2 is 0.676 bits per heavy atom. The minimum Gasteiger partial charge on any atom is -0.456 e. The van der Waals surface area contributed by atoms with Gasteiger partial charge in [-0.2, -0.15) is 0 Å². The predicted octanol–water partition coefficient (Wildman–Crippen LogP) is -0.251. The lowest BCUT2D eigenvalue weighted by molar-refractivity contribution is -0.142. The van der Waals surface area contributed by atoms with Gasteiger partial charge in [-0.25, -0.2) is 19.2 Å². The number of hydrogen-bond donors (Lipinski definition) is 4. The monoisotopic (exact) mass is 474 g/mol. The molecule has 34 heavy (non-hydrogen) atoms. The van der Waals surface area contributed by atoms with Gasteiger partial charge in [0.05, 0.1) is 0 Å². The molecular formula is C22H26N4O8. The summed E-state index contributed by atoms with van der Waals surface area (Å²) in [6, 6.07) is 2.97. The predicted molar refractivity (Wildman–Crippen MR) is 119 cm³/mol. The summed E-state index contributed by atoms with van der Waals surface area (Å²) in [6.45, 7) is 11.9. The zero-order valence-electron chi connectivity index (χ0n) is 18.4. The lowest BCUT2D eigenvalue weighted by Crippen LogP contribution is -2.18. The Morgan fingerprint density at radius 3 is 0.824 bits per heavy atom. The van der Waals surface area contributed by atoms with E-state index in [1.165, 1.54) is 12.1 Å². The van der Waals surface area contributed by atoms with Gasteiger partial charge in [-0.15, -0.1) is 0 Å². The van der Waals surface area contributed by atoms with Crippen LogP contribution in [0.15, 0.2) is 61.2 Å². The first kappa shape index (κ1) is 27.3. The van der Waals surface area contributed by atoms with E-state index in [0.717, 1.165) is 0 Å². The van der Waals surface area contributed by atoms with Crippen LogP contribution in [-0.2, 0) is 64.6 Å². The molecule has 1 aromatic rings. The summed E-state index contributed by atoms with van der Waals surface area (Å²) in [4.78, 5) is 46.9. The summed E-state index contributed by atoms with van der Waals surface area (Å²) < 4.78 is 20.3. The van der Waals surface area contributed by atoms with E-state index in [9.17, 15) is 19.2 Å². The van der Waals surface area contributed by atoms with Crippen molar-refractivity contribution in [3.63, 3.8) is 0 Å². The van der Waals surface area contributed by atoms with Gasteiger partial charge < -0.3 is 41.9 Å². The number of esters is 4. The van der Waals surface area contributed by atoms with Gasteiger partial charge in [0, 0.05) is 0 Å². The fourth-order valence-electron chi connectivity index (χ4n) is 2.27. The van der Waals surface area contributed by atoms with Gasteiger partial charge in [-0.3, -0.25) is 0 Å². The number of carbonyl (C=O) groups excluding carboxylic acids is 4. The smallest absolute Gasteiger partial charge is 0.353 e. The van der Waals surface area contributed by atoms with Crippen LogP contribution in [0, 0.1) is 0 Å². The van der Waals surface area contributed by atoms with Crippen molar-refractivity contribution >= 4 is 23.9 Å². The standard InChI is InChI=1S/C22H26N4O8/c1-11(23)19(27)31-7-15-5-17(9-33-21(29)13(3)25)18(10-34-22(30)14(4)26)6-16(15)8-32-20(28)12(2)24/h5-6H,1-4,7-10,23-26H2.